The molecule has 0 amide bonds. The van der Waals surface area contributed by atoms with E-state index in [0.29, 0.717) is 0 Å². The normalized spacial score (nSPS) is 48.2. The molecule has 1 aliphatic carbocycles. The zero-order valence-electron chi connectivity index (χ0n) is 15.3. The Morgan fingerprint density at radius 1 is 1.28 bits per heavy atom. The lowest BCUT2D eigenvalue weighted by Crippen LogP contribution is -2.39. The van der Waals surface area contributed by atoms with Gasteiger partial charge in [0.05, 0.1) is 29.8 Å². The van der Waals surface area contributed by atoms with Gasteiger partial charge in [-0.15, -0.1) is 0 Å². The van der Waals surface area contributed by atoms with Gasteiger partial charge in [0.2, 0.25) is 0 Å². The molecule has 1 saturated carbocycles. The molecule has 3 aliphatic heterocycles. The average Bonchev–Trinajstić information content (AvgIpc) is 3.35. The zero-order valence-corrected chi connectivity index (χ0v) is 15.3. The minimum atomic E-state index is -0.988. The SMILES string of the molecule is C=C1CC[C@@H]2O[C@@]2(C)CC[C@H]2[C@H]1C(=O)O[C@]2(/C=C/[C@H]1OC1(C)C)CO. The molecule has 138 valence electrons. The molecule has 6 atom stereocenters. The summed E-state index contributed by atoms with van der Waals surface area (Å²) in [4.78, 5) is 12.6. The number of fused-ring (bicyclic) bond motifs is 2. The lowest BCUT2D eigenvalue weighted by Gasteiger charge is -2.31. The molecule has 0 aromatic carbocycles. The Labute approximate surface area is 149 Å². The number of ether oxygens (including phenoxy) is 3. The Morgan fingerprint density at radius 2 is 2.00 bits per heavy atom. The van der Waals surface area contributed by atoms with E-state index in [1.165, 1.54) is 0 Å². The average molecular weight is 348 g/mol. The molecule has 0 aromatic heterocycles. The van der Waals surface area contributed by atoms with E-state index in [0.717, 1.165) is 31.3 Å². The first kappa shape index (κ1) is 17.3. The Bertz CT molecular complexity index is 638. The third-order valence-electron chi connectivity index (χ3n) is 6.59. The molecular formula is C20H28O5. The van der Waals surface area contributed by atoms with Crippen LogP contribution >= 0.6 is 0 Å². The Morgan fingerprint density at radius 3 is 2.64 bits per heavy atom. The number of cyclic esters (lactones) is 1. The predicted molar refractivity (Wildman–Crippen MR) is 91.9 cm³/mol. The summed E-state index contributed by atoms with van der Waals surface area (Å²) in [6, 6.07) is 0. The third-order valence-corrected chi connectivity index (χ3v) is 6.59. The molecule has 0 aromatic rings. The highest BCUT2D eigenvalue weighted by molar-refractivity contribution is 5.79. The maximum absolute atomic E-state index is 12.6. The van der Waals surface area contributed by atoms with Crippen LogP contribution in [-0.4, -0.2) is 46.7 Å². The second kappa shape index (κ2) is 5.41. The topological polar surface area (TPSA) is 71.6 Å². The zero-order chi connectivity index (χ0) is 18.0. The summed E-state index contributed by atoms with van der Waals surface area (Å²) in [7, 11) is 0. The summed E-state index contributed by atoms with van der Waals surface area (Å²) in [6.07, 6.45) is 7.35. The van der Waals surface area contributed by atoms with E-state index in [-0.39, 0.29) is 47.8 Å². The van der Waals surface area contributed by atoms with Crippen molar-refractivity contribution in [3.63, 3.8) is 0 Å². The lowest BCUT2D eigenvalue weighted by molar-refractivity contribution is -0.149. The van der Waals surface area contributed by atoms with Crippen molar-refractivity contribution >= 4 is 5.97 Å². The first-order valence-electron chi connectivity index (χ1n) is 9.27. The third kappa shape index (κ3) is 2.77. The molecule has 4 fully saturated rings. The molecule has 3 heterocycles. The number of hydrogen-bond donors (Lipinski definition) is 1. The number of rotatable bonds is 3. The number of epoxide rings is 2. The van der Waals surface area contributed by atoms with Crippen LogP contribution in [0.3, 0.4) is 0 Å². The standard InChI is InChI=1S/C20H28O5/c1-12-5-6-15-19(4,24-15)9-7-13-16(12)17(22)25-20(13,11-21)10-8-14-18(2,3)23-14/h8,10,13-16,21H,1,5-7,9,11H2,2-4H3/b10-8+/t13-,14+,15-,16-,19-,20+/m0/s1. The molecule has 4 aliphatic rings. The van der Waals surface area contributed by atoms with Crippen molar-refractivity contribution in [1.29, 1.82) is 0 Å². The Hall–Kier alpha value is -1.17. The van der Waals surface area contributed by atoms with E-state index >= 15 is 0 Å². The summed E-state index contributed by atoms with van der Waals surface area (Å²) >= 11 is 0. The van der Waals surface area contributed by atoms with Crippen LogP contribution in [0.5, 0.6) is 0 Å². The molecular weight excluding hydrogens is 320 g/mol. The van der Waals surface area contributed by atoms with Gasteiger partial charge in [-0.2, -0.15) is 0 Å². The van der Waals surface area contributed by atoms with Crippen LogP contribution in [0.1, 0.15) is 46.5 Å². The van der Waals surface area contributed by atoms with Crippen LogP contribution in [0.15, 0.2) is 24.3 Å². The van der Waals surface area contributed by atoms with Gasteiger partial charge in [0.25, 0.3) is 0 Å². The molecule has 0 spiro atoms. The highest BCUT2D eigenvalue weighted by atomic mass is 16.6. The largest absolute Gasteiger partial charge is 0.452 e. The summed E-state index contributed by atoms with van der Waals surface area (Å²) in [5.74, 6) is -0.715. The molecule has 5 nitrogen and oxygen atoms in total. The van der Waals surface area contributed by atoms with Crippen molar-refractivity contribution in [3.8, 4) is 0 Å². The van der Waals surface area contributed by atoms with E-state index in [9.17, 15) is 9.90 Å². The molecule has 1 N–H and O–H groups in total. The predicted octanol–water partition coefficient (Wildman–Crippen LogP) is 2.53. The van der Waals surface area contributed by atoms with E-state index in [4.69, 9.17) is 14.2 Å². The smallest absolute Gasteiger partial charge is 0.314 e. The van der Waals surface area contributed by atoms with Crippen LogP contribution in [0, 0.1) is 11.8 Å². The quantitative estimate of drug-likeness (QED) is 0.482. The molecule has 25 heavy (non-hydrogen) atoms. The van der Waals surface area contributed by atoms with Gasteiger partial charge < -0.3 is 19.3 Å². The molecule has 3 saturated heterocycles. The second-order valence-corrected chi connectivity index (χ2v) is 8.77. The Balaban J connectivity index is 1.63. The van der Waals surface area contributed by atoms with Crippen molar-refractivity contribution in [1.82, 2.24) is 0 Å². The first-order chi connectivity index (χ1) is 11.7. The second-order valence-electron chi connectivity index (χ2n) is 8.77. The van der Waals surface area contributed by atoms with E-state index in [2.05, 4.69) is 13.5 Å². The molecule has 5 heteroatoms. The minimum absolute atomic E-state index is 0.00174. The number of hydrogen-bond acceptors (Lipinski definition) is 5. The number of esters is 1. The summed E-state index contributed by atoms with van der Waals surface area (Å²) in [5.41, 5.74) is -0.369. The van der Waals surface area contributed by atoms with Gasteiger partial charge in [-0.3, -0.25) is 4.79 Å². The minimum Gasteiger partial charge on any atom is -0.452 e. The maximum Gasteiger partial charge on any atom is 0.314 e. The number of carbonyl (C=O) groups is 1. The van der Waals surface area contributed by atoms with Gasteiger partial charge in [-0.1, -0.05) is 18.2 Å². The van der Waals surface area contributed by atoms with Crippen molar-refractivity contribution < 1.29 is 24.1 Å². The van der Waals surface area contributed by atoms with Crippen molar-refractivity contribution in [2.24, 2.45) is 11.8 Å². The van der Waals surface area contributed by atoms with Gasteiger partial charge in [0.15, 0.2) is 5.60 Å². The number of aliphatic hydroxyl groups excluding tert-OH is 1. The summed E-state index contributed by atoms with van der Waals surface area (Å²) in [6.45, 7) is 10.1. The number of carbonyl (C=O) groups excluding carboxylic acids is 1. The fourth-order valence-electron chi connectivity index (χ4n) is 4.60. The van der Waals surface area contributed by atoms with Crippen LogP contribution in [-0.2, 0) is 19.0 Å². The van der Waals surface area contributed by atoms with Crippen LogP contribution in [0.25, 0.3) is 0 Å². The monoisotopic (exact) mass is 348 g/mol. The highest BCUT2D eigenvalue weighted by Crippen LogP contribution is 2.52. The lowest BCUT2D eigenvalue weighted by atomic mass is 9.74. The van der Waals surface area contributed by atoms with Crippen LogP contribution < -0.4 is 0 Å². The molecule has 4 rings (SSSR count). The fourth-order valence-corrected chi connectivity index (χ4v) is 4.60. The van der Waals surface area contributed by atoms with Gasteiger partial charge in [-0.05, 0) is 52.5 Å². The van der Waals surface area contributed by atoms with Crippen LogP contribution in [0.4, 0.5) is 0 Å². The van der Waals surface area contributed by atoms with E-state index in [1.54, 1.807) is 0 Å². The maximum atomic E-state index is 12.6. The molecule has 0 radical (unpaired) electrons. The van der Waals surface area contributed by atoms with Crippen LogP contribution in [0.2, 0.25) is 0 Å². The fraction of sp³-hybridized carbons (Fsp3) is 0.750. The highest BCUT2D eigenvalue weighted by Gasteiger charge is 2.59. The van der Waals surface area contributed by atoms with Gasteiger partial charge in [-0.25, -0.2) is 0 Å². The van der Waals surface area contributed by atoms with E-state index in [1.807, 2.05) is 26.0 Å². The summed E-state index contributed by atoms with van der Waals surface area (Å²) < 4.78 is 17.2. The summed E-state index contributed by atoms with van der Waals surface area (Å²) in [5, 5.41) is 10.2. The van der Waals surface area contributed by atoms with Crippen molar-refractivity contribution in [2.45, 2.75) is 75.5 Å². The molecule has 0 bridgehead atoms. The van der Waals surface area contributed by atoms with Gasteiger partial charge in [0, 0.05) is 5.92 Å². The van der Waals surface area contributed by atoms with Gasteiger partial charge >= 0.3 is 5.97 Å². The number of aliphatic hydroxyl groups is 1. The Kier molecular flexibility index (Phi) is 3.74. The van der Waals surface area contributed by atoms with Gasteiger partial charge in [0.1, 0.15) is 6.10 Å². The van der Waals surface area contributed by atoms with E-state index < -0.39 is 5.60 Å². The first-order valence-corrected chi connectivity index (χ1v) is 9.27. The van der Waals surface area contributed by atoms with Crippen molar-refractivity contribution in [3.05, 3.63) is 24.3 Å². The van der Waals surface area contributed by atoms with Crippen molar-refractivity contribution in [2.75, 3.05) is 6.61 Å². The molecule has 0 unspecified atom stereocenters.